The van der Waals surface area contributed by atoms with Crippen molar-refractivity contribution in [1.82, 2.24) is 14.8 Å². The van der Waals surface area contributed by atoms with Gasteiger partial charge in [-0.1, -0.05) is 39.3 Å². The summed E-state index contributed by atoms with van der Waals surface area (Å²) in [6, 6.07) is 22.5. The van der Waals surface area contributed by atoms with Crippen molar-refractivity contribution in [3.63, 3.8) is 0 Å². The number of amides is 1. The number of hydrogen-bond donors (Lipinski definition) is 1. The average molecular weight is 544 g/mol. The van der Waals surface area contributed by atoms with Gasteiger partial charge in [0.2, 0.25) is 5.91 Å². The van der Waals surface area contributed by atoms with Crippen LogP contribution in [-0.2, 0) is 4.79 Å². The number of benzene rings is 3. The number of anilines is 1. The summed E-state index contributed by atoms with van der Waals surface area (Å²) in [4.78, 5) is 12.5. The molecule has 6 nitrogen and oxygen atoms in total. The predicted molar refractivity (Wildman–Crippen MR) is 136 cm³/mol. The van der Waals surface area contributed by atoms with Crippen LogP contribution in [0.5, 0.6) is 5.75 Å². The topological polar surface area (TPSA) is 69.0 Å². The zero-order valence-electron chi connectivity index (χ0n) is 17.7. The van der Waals surface area contributed by atoms with Gasteiger partial charge < -0.3 is 10.1 Å². The first-order valence-corrected chi connectivity index (χ1v) is 12.3. The van der Waals surface area contributed by atoms with Crippen molar-refractivity contribution in [2.75, 3.05) is 17.7 Å². The predicted octanol–water partition coefficient (Wildman–Crippen LogP) is 6.48. The third-order valence-electron chi connectivity index (χ3n) is 4.60. The van der Waals surface area contributed by atoms with Crippen molar-refractivity contribution in [2.45, 2.75) is 12.1 Å². The van der Waals surface area contributed by atoms with Crippen molar-refractivity contribution >= 4 is 50.9 Å². The number of carbonyl (C=O) groups excluding carboxylic acids is 1. The van der Waals surface area contributed by atoms with E-state index < -0.39 is 0 Å². The van der Waals surface area contributed by atoms with Crippen LogP contribution in [-0.4, -0.2) is 33.0 Å². The summed E-state index contributed by atoms with van der Waals surface area (Å²) in [7, 11) is 0. The van der Waals surface area contributed by atoms with Gasteiger partial charge in [0.25, 0.3) is 0 Å². The molecule has 9 heteroatoms. The van der Waals surface area contributed by atoms with Crippen LogP contribution in [0.2, 0.25) is 5.02 Å². The lowest BCUT2D eigenvalue weighted by atomic mass is 10.2. The lowest BCUT2D eigenvalue weighted by molar-refractivity contribution is -0.113. The summed E-state index contributed by atoms with van der Waals surface area (Å²) in [5, 5.41) is 12.9. The number of nitrogens with one attached hydrogen (secondary N) is 1. The van der Waals surface area contributed by atoms with E-state index in [0.717, 1.165) is 27.2 Å². The Kier molecular flexibility index (Phi) is 7.69. The SMILES string of the molecule is CCOc1ccc(-n2c(SCC(=O)Nc3ccc(Br)cc3)nnc2-c2ccc(Cl)cc2)cc1. The molecule has 0 aliphatic carbocycles. The number of aromatic nitrogens is 3. The fraction of sp³-hybridized carbons (Fsp3) is 0.125. The van der Waals surface area contributed by atoms with E-state index in [1.807, 2.05) is 84.3 Å². The van der Waals surface area contributed by atoms with Gasteiger partial charge >= 0.3 is 0 Å². The van der Waals surface area contributed by atoms with Crippen LogP contribution in [0.4, 0.5) is 5.69 Å². The number of rotatable bonds is 8. The summed E-state index contributed by atoms with van der Waals surface area (Å²) in [5.41, 5.74) is 2.47. The Bertz CT molecular complexity index is 1230. The molecule has 1 N–H and O–H groups in total. The van der Waals surface area contributed by atoms with Crippen LogP contribution in [0, 0.1) is 0 Å². The summed E-state index contributed by atoms with van der Waals surface area (Å²) in [6.45, 7) is 2.54. The molecule has 0 spiro atoms. The van der Waals surface area contributed by atoms with E-state index in [2.05, 4.69) is 31.4 Å². The van der Waals surface area contributed by atoms with Crippen molar-refractivity contribution in [3.05, 3.63) is 82.3 Å². The summed E-state index contributed by atoms with van der Waals surface area (Å²) in [5.74, 6) is 1.50. The highest BCUT2D eigenvalue weighted by Gasteiger charge is 2.17. The first-order chi connectivity index (χ1) is 16.0. The minimum Gasteiger partial charge on any atom is -0.494 e. The maximum atomic E-state index is 12.5. The van der Waals surface area contributed by atoms with E-state index in [0.29, 0.717) is 22.6 Å². The number of carbonyl (C=O) groups is 1. The van der Waals surface area contributed by atoms with Crippen molar-refractivity contribution in [1.29, 1.82) is 0 Å². The lowest BCUT2D eigenvalue weighted by Crippen LogP contribution is -2.14. The maximum Gasteiger partial charge on any atom is 0.234 e. The molecule has 0 aliphatic heterocycles. The zero-order valence-corrected chi connectivity index (χ0v) is 20.8. The Morgan fingerprint density at radius 3 is 2.39 bits per heavy atom. The molecule has 1 heterocycles. The minimum absolute atomic E-state index is 0.128. The second-order valence-electron chi connectivity index (χ2n) is 6.92. The van der Waals surface area contributed by atoms with Crippen LogP contribution in [0.25, 0.3) is 17.1 Å². The molecule has 4 rings (SSSR count). The Morgan fingerprint density at radius 1 is 1.03 bits per heavy atom. The third kappa shape index (κ3) is 5.96. The highest BCUT2D eigenvalue weighted by atomic mass is 79.9. The molecule has 0 unspecified atom stereocenters. The quantitative estimate of drug-likeness (QED) is 0.258. The highest BCUT2D eigenvalue weighted by molar-refractivity contribution is 9.10. The number of hydrogen-bond acceptors (Lipinski definition) is 5. The van der Waals surface area contributed by atoms with Crippen LogP contribution in [0.3, 0.4) is 0 Å². The molecule has 168 valence electrons. The van der Waals surface area contributed by atoms with Crippen LogP contribution >= 0.6 is 39.3 Å². The van der Waals surface area contributed by atoms with E-state index in [1.54, 1.807) is 0 Å². The normalized spacial score (nSPS) is 10.8. The van der Waals surface area contributed by atoms with E-state index in [9.17, 15) is 4.79 Å². The average Bonchev–Trinajstić information content (AvgIpc) is 3.24. The first kappa shape index (κ1) is 23.4. The van der Waals surface area contributed by atoms with Crippen molar-refractivity contribution in [2.24, 2.45) is 0 Å². The van der Waals surface area contributed by atoms with Crippen molar-refractivity contribution < 1.29 is 9.53 Å². The summed E-state index contributed by atoms with van der Waals surface area (Å²) >= 11 is 10.8. The molecule has 0 atom stereocenters. The molecule has 3 aromatic carbocycles. The first-order valence-electron chi connectivity index (χ1n) is 10.2. The molecule has 1 amide bonds. The Hall–Kier alpha value is -2.81. The van der Waals surface area contributed by atoms with Gasteiger partial charge in [-0.15, -0.1) is 10.2 Å². The Labute approximate surface area is 209 Å². The van der Waals surface area contributed by atoms with Crippen LogP contribution in [0.15, 0.2) is 82.4 Å². The second kappa shape index (κ2) is 10.9. The smallest absolute Gasteiger partial charge is 0.234 e. The van der Waals surface area contributed by atoms with Crippen LogP contribution < -0.4 is 10.1 Å². The molecular weight excluding hydrogens is 524 g/mol. The van der Waals surface area contributed by atoms with Crippen LogP contribution in [0.1, 0.15) is 6.92 Å². The number of halogens is 2. The molecule has 0 radical (unpaired) electrons. The Balaban J connectivity index is 1.59. The second-order valence-corrected chi connectivity index (χ2v) is 9.21. The standard InChI is InChI=1S/C24H20BrClN4O2S/c1-2-32-21-13-11-20(12-14-21)30-23(16-3-7-18(26)8-4-16)28-29-24(30)33-15-22(31)27-19-9-5-17(25)6-10-19/h3-14H,2,15H2,1H3,(H,27,31). The van der Waals surface area contributed by atoms with Gasteiger partial charge in [-0.2, -0.15) is 0 Å². The van der Waals surface area contributed by atoms with E-state index in [1.165, 1.54) is 11.8 Å². The fourth-order valence-corrected chi connectivity index (χ4v) is 4.24. The van der Waals surface area contributed by atoms with Gasteiger partial charge in [0.15, 0.2) is 11.0 Å². The minimum atomic E-state index is -0.128. The maximum absolute atomic E-state index is 12.5. The lowest BCUT2D eigenvalue weighted by Gasteiger charge is -2.12. The molecule has 4 aromatic rings. The van der Waals surface area contributed by atoms with Gasteiger partial charge in [0.1, 0.15) is 5.75 Å². The molecule has 0 aliphatic rings. The van der Waals surface area contributed by atoms with E-state index in [4.69, 9.17) is 16.3 Å². The fourth-order valence-electron chi connectivity index (χ4n) is 3.10. The molecule has 0 saturated carbocycles. The number of thioether (sulfide) groups is 1. The molecule has 0 saturated heterocycles. The molecule has 1 aromatic heterocycles. The molecule has 0 bridgehead atoms. The van der Waals surface area contributed by atoms with Crippen molar-refractivity contribution in [3.8, 4) is 22.8 Å². The van der Waals surface area contributed by atoms with Gasteiger partial charge in [-0.3, -0.25) is 9.36 Å². The third-order valence-corrected chi connectivity index (χ3v) is 6.31. The molecule has 33 heavy (non-hydrogen) atoms. The van der Waals surface area contributed by atoms with Gasteiger partial charge in [-0.05, 0) is 79.7 Å². The molecule has 0 fully saturated rings. The largest absolute Gasteiger partial charge is 0.494 e. The van der Waals surface area contributed by atoms with Gasteiger partial charge in [0, 0.05) is 26.4 Å². The number of nitrogens with zero attached hydrogens (tertiary/aromatic N) is 3. The summed E-state index contributed by atoms with van der Waals surface area (Å²) in [6.07, 6.45) is 0. The van der Waals surface area contributed by atoms with E-state index >= 15 is 0 Å². The molecular formula is C24H20BrClN4O2S. The van der Waals surface area contributed by atoms with Gasteiger partial charge in [-0.25, -0.2) is 0 Å². The van der Waals surface area contributed by atoms with E-state index in [-0.39, 0.29) is 11.7 Å². The number of ether oxygens (including phenoxy) is 1. The summed E-state index contributed by atoms with van der Waals surface area (Å²) < 4.78 is 8.44. The monoisotopic (exact) mass is 542 g/mol. The zero-order chi connectivity index (χ0) is 23.2. The highest BCUT2D eigenvalue weighted by Crippen LogP contribution is 2.29. The Morgan fingerprint density at radius 2 is 1.73 bits per heavy atom. The van der Waals surface area contributed by atoms with Gasteiger partial charge in [0.05, 0.1) is 12.4 Å².